The monoisotopic (exact) mass is 599 g/mol. The highest BCUT2D eigenvalue weighted by molar-refractivity contribution is 6.07. The molecule has 43 heavy (non-hydrogen) atoms. The number of aromatic nitrogens is 3. The van der Waals surface area contributed by atoms with Crippen molar-refractivity contribution in [2.24, 2.45) is 0 Å². The van der Waals surface area contributed by atoms with E-state index in [-0.39, 0.29) is 23.3 Å². The molecule has 5 rings (SSSR count). The minimum Gasteiger partial charge on any atom is -0.367 e. The number of nitrogens with one attached hydrogen (secondary N) is 2. The fraction of sp³-hybridized carbons (Fsp3) is 0.400. The molecular formula is C30H33F4N7O2. The lowest BCUT2D eigenvalue weighted by Crippen LogP contribution is -2.55. The number of carbonyl (C=O) groups is 1. The molecule has 0 bridgehead atoms. The quantitative estimate of drug-likeness (QED) is 0.410. The van der Waals surface area contributed by atoms with E-state index in [1.165, 1.54) is 12.1 Å². The van der Waals surface area contributed by atoms with Gasteiger partial charge in [-0.05, 0) is 57.5 Å². The Bertz CT molecular complexity index is 1590. The second-order valence-corrected chi connectivity index (χ2v) is 11.2. The van der Waals surface area contributed by atoms with E-state index < -0.39 is 34.6 Å². The molecule has 13 heteroatoms. The molecular weight excluding hydrogens is 566 g/mol. The van der Waals surface area contributed by atoms with Gasteiger partial charge in [0, 0.05) is 68.5 Å². The van der Waals surface area contributed by atoms with Gasteiger partial charge in [-0.2, -0.15) is 13.2 Å². The number of amides is 1. The Morgan fingerprint density at radius 3 is 2.35 bits per heavy atom. The summed E-state index contributed by atoms with van der Waals surface area (Å²) in [5.41, 5.74) is -0.660. The Morgan fingerprint density at radius 2 is 1.74 bits per heavy atom. The number of likely N-dealkylation sites (N-methyl/N-ethyl adjacent to an activating group) is 1. The first-order valence-corrected chi connectivity index (χ1v) is 14.0. The fourth-order valence-corrected chi connectivity index (χ4v) is 5.50. The summed E-state index contributed by atoms with van der Waals surface area (Å²) in [6.07, 6.45) is 1.58. The average Bonchev–Trinajstić information content (AvgIpc) is 2.96. The zero-order valence-corrected chi connectivity index (χ0v) is 24.3. The number of aryl methyl sites for hydroxylation is 1. The van der Waals surface area contributed by atoms with Gasteiger partial charge in [0.15, 0.2) is 0 Å². The van der Waals surface area contributed by atoms with Crippen LogP contribution in [0.5, 0.6) is 0 Å². The second kappa shape index (κ2) is 11.8. The van der Waals surface area contributed by atoms with Crippen molar-refractivity contribution in [3.05, 3.63) is 81.3 Å². The molecule has 4 heterocycles. The average molecular weight is 600 g/mol. The third-order valence-electron chi connectivity index (χ3n) is 8.11. The van der Waals surface area contributed by atoms with Crippen LogP contribution in [0, 0.1) is 12.7 Å². The Hall–Kier alpha value is -4.26. The molecule has 0 spiro atoms. The molecule has 0 unspecified atom stereocenters. The highest BCUT2D eigenvalue weighted by Crippen LogP contribution is 2.37. The molecule has 0 saturated carbocycles. The minimum atomic E-state index is -4.93. The largest absolute Gasteiger partial charge is 0.417 e. The molecule has 1 amide bonds. The van der Waals surface area contributed by atoms with Crippen molar-refractivity contribution < 1.29 is 22.4 Å². The molecule has 2 aliphatic rings. The lowest BCUT2D eigenvalue weighted by molar-refractivity contribution is -0.138. The van der Waals surface area contributed by atoms with E-state index in [1.54, 1.807) is 12.4 Å². The van der Waals surface area contributed by atoms with Crippen LogP contribution in [0.1, 0.15) is 47.3 Å². The van der Waals surface area contributed by atoms with E-state index in [4.69, 9.17) is 0 Å². The summed E-state index contributed by atoms with van der Waals surface area (Å²) in [5, 5.41) is 2.60. The normalized spacial score (nSPS) is 19.8. The zero-order valence-electron chi connectivity index (χ0n) is 24.3. The summed E-state index contributed by atoms with van der Waals surface area (Å²) in [6.45, 7) is 7.94. The summed E-state index contributed by atoms with van der Waals surface area (Å²) in [7, 11) is 1.99. The van der Waals surface area contributed by atoms with Crippen molar-refractivity contribution in [3.63, 3.8) is 0 Å². The molecule has 3 aromatic rings. The Morgan fingerprint density at radius 1 is 1.07 bits per heavy atom. The first-order valence-electron chi connectivity index (χ1n) is 14.0. The molecule has 0 aliphatic carbocycles. The maximum atomic E-state index is 15.8. The predicted octanol–water partition coefficient (Wildman–Crippen LogP) is 4.71. The van der Waals surface area contributed by atoms with Crippen molar-refractivity contribution in [1.29, 1.82) is 0 Å². The van der Waals surface area contributed by atoms with Crippen LogP contribution in [0.4, 0.5) is 34.9 Å². The number of H-pyrrole nitrogens is 1. The van der Waals surface area contributed by atoms with Crippen LogP contribution in [0.2, 0.25) is 0 Å². The van der Waals surface area contributed by atoms with E-state index in [0.29, 0.717) is 55.9 Å². The number of anilines is 3. The van der Waals surface area contributed by atoms with Crippen molar-refractivity contribution in [3.8, 4) is 0 Å². The molecule has 1 aromatic carbocycles. The van der Waals surface area contributed by atoms with Crippen molar-refractivity contribution >= 4 is 28.8 Å². The van der Waals surface area contributed by atoms with E-state index >= 15 is 4.39 Å². The Balaban J connectivity index is 1.52. The smallest absolute Gasteiger partial charge is 0.367 e. The third kappa shape index (κ3) is 6.41. The van der Waals surface area contributed by atoms with E-state index in [1.807, 2.05) is 43.7 Å². The van der Waals surface area contributed by atoms with Crippen molar-refractivity contribution in [2.75, 3.05) is 48.3 Å². The summed E-state index contributed by atoms with van der Waals surface area (Å²) < 4.78 is 57.0. The number of hydrogen-bond donors (Lipinski definition) is 2. The molecule has 2 atom stereocenters. The molecule has 2 N–H and O–H groups in total. The van der Waals surface area contributed by atoms with E-state index in [9.17, 15) is 22.8 Å². The summed E-state index contributed by atoms with van der Waals surface area (Å²) in [5.74, 6) is -1.01. The first kappa shape index (κ1) is 30.2. The number of piperazine rings is 1. The van der Waals surface area contributed by atoms with Gasteiger partial charge in [-0.3, -0.25) is 14.5 Å². The van der Waals surface area contributed by atoms with E-state index in [2.05, 4.69) is 25.2 Å². The van der Waals surface area contributed by atoms with E-state index in [0.717, 1.165) is 11.8 Å². The number of halogens is 4. The molecule has 2 aromatic heterocycles. The van der Waals surface area contributed by atoms with Crippen molar-refractivity contribution in [1.82, 2.24) is 19.9 Å². The second-order valence-electron chi connectivity index (χ2n) is 11.2. The van der Waals surface area contributed by atoms with Gasteiger partial charge in [0.05, 0.1) is 22.5 Å². The molecule has 1 saturated heterocycles. The molecule has 1 fully saturated rings. The standard InChI is InChI=1S/C30H33F4N7O2/c1-17-12-36-29(37-13-17)40-7-5-20(6-8-40)21-9-25(26(11-24(21)31)41-15-18(2)39(4)19(3)16-41)38-28(43)22-14-35-27(42)10-23(22)30(32,33)34/h5,9-14,18-19H,6-8,15-16H2,1-4H3,(H,35,42)(H,38,43)/t18-,19+. The maximum absolute atomic E-state index is 15.8. The predicted molar refractivity (Wildman–Crippen MR) is 157 cm³/mol. The number of carbonyl (C=O) groups excluding carboxylic acids is 1. The first-order chi connectivity index (χ1) is 20.3. The lowest BCUT2D eigenvalue weighted by Gasteiger charge is -2.44. The number of hydrogen-bond acceptors (Lipinski definition) is 7. The van der Waals surface area contributed by atoms with Crippen LogP contribution in [0.3, 0.4) is 0 Å². The van der Waals surface area contributed by atoms with Gasteiger partial charge in [-0.1, -0.05) is 6.08 Å². The van der Waals surface area contributed by atoms with Gasteiger partial charge in [0.1, 0.15) is 5.82 Å². The van der Waals surface area contributed by atoms with Gasteiger partial charge in [0.25, 0.3) is 5.91 Å². The van der Waals surface area contributed by atoms with Gasteiger partial charge in [0.2, 0.25) is 11.5 Å². The summed E-state index contributed by atoms with van der Waals surface area (Å²) in [4.78, 5) is 41.9. The van der Waals surface area contributed by atoms with Gasteiger partial charge in [-0.15, -0.1) is 0 Å². The summed E-state index contributed by atoms with van der Waals surface area (Å²) >= 11 is 0. The number of aromatic amines is 1. The summed E-state index contributed by atoms with van der Waals surface area (Å²) in [6, 6.07) is 3.37. The van der Waals surface area contributed by atoms with Crippen molar-refractivity contribution in [2.45, 2.75) is 45.5 Å². The third-order valence-corrected chi connectivity index (χ3v) is 8.11. The van der Waals surface area contributed by atoms with Gasteiger partial charge in [-0.25, -0.2) is 14.4 Å². The number of pyridine rings is 1. The fourth-order valence-electron chi connectivity index (χ4n) is 5.50. The molecule has 2 aliphatic heterocycles. The van der Waals surface area contributed by atoms with Crippen LogP contribution in [0.25, 0.3) is 5.57 Å². The SMILES string of the molecule is Cc1cnc(N2CC=C(c3cc(NC(=O)c4c[nH]c(=O)cc4C(F)(F)F)c(N4C[C@@H](C)N(C)[C@@H](C)C4)cc3F)CC2)nc1. The number of alkyl halides is 3. The van der Waals surface area contributed by atoms with Gasteiger partial charge < -0.3 is 20.1 Å². The molecule has 228 valence electrons. The molecule has 9 nitrogen and oxygen atoms in total. The van der Waals surface area contributed by atoms with Crippen LogP contribution >= 0.6 is 0 Å². The highest BCUT2D eigenvalue weighted by Gasteiger charge is 2.36. The van der Waals surface area contributed by atoms with Crippen LogP contribution in [0.15, 0.2) is 47.7 Å². The zero-order chi connectivity index (χ0) is 31.1. The Kier molecular flexibility index (Phi) is 8.28. The lowest BCUT2D eigenvalue weighted by atomic mass is 9.97. The van der Waals surface area contributed by atoms with Gasteiger partial charge >= 0.3 is 6.18 Å². The highest BCUT2D eigenvalue weighted by atomic mass is 19.4. The number of benzene rings is 1. The van der Waals surface area contributed by atoms with Crippen LogP contribution < -0.4 is 20.7 Å². The Labute approximate surface area is 246 Å². The molecule has 0 radical (unpaired) electrons. The topological polar surface area (TPSA) is 97.5 Å². The van der Waals surface area contributed by atoms with Crippen LogP contribution in [-0.4, -0.2) is 71.1 Å². The number of rotatable bonds is 5. The number of nitrogens with zero attached hydrogens (tertiary/aromatic N) is 5. The minimum absolute atomic E-state index is 0.0992. The maximum Gasteiger partial charge on any atom is 0.417 e. The van der Waals surface area contributed by atoms with Crippen LogP contribution in [-0.2, 0) is 6.18 Å².